The van der Waals surface area contributed by atoms with Crippen molar-refractivity contribution in [1.29, 1.82) is 0 Å². The van der Waals surface area contributed by atoms with Crippen molar-refractivity contribution < 1.29 is 13.2 Å². The van der Waals surface area contributed by atoms with E-state index in [9.17, 15) is 8.42 Å². The van der Waals surface area contributed by atoms with Gasteiger partial charge in [0.1, 0.15) is 0 Å². The van der Waals surface area contributed by atoms with E-state index in [1.54, 1.807) is 20.8 Å². The molecule has 0 bridgehead atoms. The first-order valence-corrected chi connectivity index (χ1v) is 11.2. The van der Waals surface area contributed by atoms with Gasteiger partial charge in [-0.25, -0.2) is 8.42 Å². The van der Waals surface area contributed by atoms with Crippen molar-refractivity contribution in [3.05, 3.63) is 0 Å². The Kier molecular flexibility index (Phi) is 6.41. The molecule has 2 unspecified atom stereocenters. The summed E-state index contributed by atoms with van der Waals surface area (Å²) in [7, 11) is -3.14. The van der Waals surface area contributed by atoms with Gasteiger partial charge in [-0.2, -0.15) is 0 Å². The van der Waals surface area contributed by atoms with Crippen LogP contribution in [0.4, 0.5) is 0 Å². The average Bonchev–Trinajstić information content (AvgIpc) is 2.42. The van der Waals surface area contributed by atoms with E-state index in [1.807, 2.05) is 13.8 Å². The molecule has 7 heteroatoms. The monoisotopic (exact) mass is 373 g/mol. The summed E-state index contributed by atoms with van der Waals surface area (Å²) in [5.74, 6) is 0.794. The summed E-state index contributed by atoms with van der Waals surface area (Å²) < 4.78 is 29.6. The molecule has 0 aromatic rings. The molecule has 0 aromatic carbocycles. The van der Waals surface area contributed by atoms with Gasteiger partial charge >= 0.3 is 0 Å². The molecule has 0 amide bonds. The fourth-order valence-electron chi connectivity index (χ4n) is 3.71. The summed E-state index contributed by atoms with van der Waals surface area (Å²) in [5, 5.41) is 6.77. The van der Waals surface area contributed by atoms with Crippen molar-refractivity contribution in [2.75, 3.05) is 25.4 Å². The highest BCUT2D eigenvalue weighted by Gasteiger charge is 2.59. The maximum atomic E-state index is 12.2. The molecule has 2 saturated carbocycles. The molecule has 6 nitrogen and oxygen atoms in total. The largest absolute Gasteiger partial charge is 0.378 e. The highest BCUT2D eigenvalue weighted by atomic mass is 32.2. The number of hydrogen-bond donors (Lipinski definition) is 2. The van der Waals surface area contributed by atoms with Crippen LogP contribution < -0.4 is 10.6 Å². The van der Waals surface area contributed by atoms with E-state index in [2.05, 4.69) is 15.6 Å². The summed E-state index contributed by atoms with van der Waals surface area (Å²) in [6.07, 6.45) is 5.02. The SMILES string of the molecule is CCNC(=NCCS(=O)(=O)C(C)(C)C)NC1CC(OCC)C12CCC2. The molecule has 2 aliphatic carbocycles. The zero-order valence-corrected chi connectivity index (χ0v) is 17.2. The van der Waals surface area contributed by atoms with Gasteiger partial charge in [-0.1, -0.05) is 6.42 Å². The smallest absolute Gasteiger partial charge is 0.191 e. The number of guanidine groups is 1. The highest BCUT2D eigenvalue weighted by Crippen LogP contribution is 2.57. The van der Waals surface area contributed by atoms with E-state index in [-0.39, 0.29) is 17.7 Å². The van der Waals surface area contributed by atoms with E-state index < -0.39 is 14.6 Å². The van der Waals surface area contributed by atoms with Crippen molar-refractivity contribution in [1.82, 2.24) is 10.6 Å². The van der Waals surface area contributed by atoms with Crippen LogP contribution in [0.1, 0.15) is 60.3 Å². The van der Waals surface area contributed by atoms with Crippen molar-refractivity contribution in [3.8, 4) is 0 Å². The van der Waals surface area contributed by atoms with Gasteiger partial charge in [0.05, 0.1) is 23.1 Å². The second kappa shape index (κ2) is 7.82. The van der Waals surface area contributed by atoms with Crippen LogP contribution >= 0.6 is 0 Å². The van der Waals surface area contributed by atoms with Crippen molar-refractivity contribution in [2.24, 2.45) is 10.4 Å². The number of nitrogens with zero attached hydrogens (tertiary/aromatic N) is 1. The highest BCUT2D eigenvalue weighted by molar-refractivity contribution is 7.92. The van der Waals surface area contributed by atoms with Crippen molar-refractivity contribution in [3.63, 3.8) is 0 Å². The zero-order valence-electron chi connectivity index (χ0n) is 16.4. The Bertz CT molecular complexity index is 577. The predicted molar refractivity (Wildman–Crippen MR) is 103 cm³/mol. The summed E-state index contributed by atoms with van der Waals surface area (Å²) in [5.41, 5.74) is 0.254. The first kappa shape index (κ1) is 20.5. The standard InChI is InChI=1S/C18H35N3O3S/c1-6-19-16(20-11-12-25(22,23)17(3,4)5)21-14-13-15(24-7-2)18(14)9-8-10-18/h14-15H,6-13H2,1-5H3,(H2,19,20,21). The summed E-state index contributed by atoms with van der Waals surface area (Å²) in [6, 6.07) is 0.370. The summed E-state index contributed by atoms with van der Waals surface area (Å²) in [6.45, 7) is 11.1. The van der Waals surface area contributed by atoms with Gasteiger partial charge in [-0.3, -0.25) is 4.99 Å². The minimum absolute atomic E-state index is 0.0739. The molecule has 2 fully saturated rings. The van der Waals surface area contributed by atoms with Gasteiger partial charge in [0, 0.05) is 24.6 Å². The minimum atomic E-state index is -3.14. The number of ether oxygens (including phenoxy) is 1. The van der Waals surface area contributed by atoms with Gasteiger partial charge in [-0.15, -0.1) is 0 Å². The second-order valence-electron chi connectivity index (χ2n) is 8.16. The molecule has 25 heavy (non-hydrogen) atoms. The quantitative estimate of drug-likeness (QED) is 0.528. The fourth-order valence-corrected chi connectivity index (χ4v) is 4.65. The number of hydrogen-bond acceptors (Lipinski definition) is 4. The second-order valence-corrected chi connectivity index (χ2v) is 11.0. The topological polar surface area (TPSA) is 79.8 Å². The van der Waals surface area contributed by atoms with E-state index in [4.69, 9.17) is 4.74 Å². The summed E-state index contributed by atoms with van der Waals surface area (Å²) in [4.78, 5) is 4.50. The first-order chi connectivity index (χ1) is 11.7. The van der Waals surface area contributed by atoms with Crippen LogP contribution in [-0.4, -0.2) is 56.7 Å². The molecular weight excluding hydrogens is 338 g/mol. The lowest BCUT2D eigenvalue weighted by Crippen LogP contribution is -2.68. The third kappa shape index (κ3) is 4.30. The third-order valence-electron chi connectivity index (χ3n) is 5.66. The maximum absolute atomic E-state index is 12.2. The Morgan fingerprint density at radius 2 is 1.96 bits per heavy atom. The van der Waals surface area contributed by atoms with Crippen LogP contribution in [0.3, 0.4) is 0 Å². The van der Waals surface area contributed by atoms with Gasteiger partial charge in [-0.05, 0) is 53.9 Å². The lowest BCUT2D eigenvalue weighted by molar-refractivity contribution is -0.168. The Morgan fingerprint density at radius 3 is 2.44 bits per heavy atom. The van der Waals surface area contributed by atoms with E-state index in [0.717, 1.165) is 25.5 Å². The summed E-state index contributed by atoms with van der Waals surface area (Å²) >= 11 is 0. The molecule has 0 aliphatic heterocycles. The van der Waals surface area contributed by atoms with Crippen LogP contribution in [0, 0.1) is 5.41 Å². The molecule has 0 aromatic heterocycles. The molecule has 2 atom stereocenters. The molecule has 2 rings (SSSR count). The minimum Gasteiger partial charge on any atom is -0.378 e. The molecular formula is C18H35N3O3S. The Morgan fingerprint density at radius 1 is 1.28 bits per heavy atom. The Balaban J connectivity index is 1.95. The van der Waals surface area contributed by atoms with Crippen LogP contribution in [0.2, 0.25) is 0 Å². The van der Waals surface area contributed by atoms with Gasteiger partial charge in [0.25, 0.3) is 0 Å². The van der Waals surface area contributed by atoms with E-state index in [0.29, 0.717) is 12.1 Å². The zero-order chi connectivity index (χ0) is 18.7. The fraction of sp³-hybridized carbons (Fsp3) is 0.944. The number of rotatable bonds is 7. The van der Waals surface area contributed by atoms with Gasteiger partial charge in [0.2, 0.25) is 0 Å². The van der Waals surface area contributed by atoms with E-state index >= 15 is 0 Å². The van der Waals surface area contributed by atoms with E-state index in [1.165, 1.54) is 19.3 Å². The number of nitrogens with one attached hydrogen (secondary N) is 2. The van der Waals surface area contributed by atoms with Gasteiger partial charge in [0.15, 0.2) is 15.8 Å². The lowest BCUT2D eigenvalue weighted by Gasteiger charge is -2.61. The normalized spacial score (nSPS) is 26.0. The Hall–Kier alpha value is -0.820. The molecule has 1 spiro atoms. The van der Waals surface area contributed by atoms with Gasteiger partial charge < -0.3 is 15.4 Å². The van der Waals surface area contributed by atoms with Crippen molar-refractivity contribution in [2.45, 2.75) is 77.2 Å². The molecule has 2 N–H and O–H groups in total. The Labute approximate surface area is 153 Å². The maximum Gasteiger partial charge on any atom is 0.191 e. The van der Waals surface area contributed by atoms with Crippen LogP contribution in [0.15, 0.2) is 4.99 Å². The lowest BCUT2D eigenvalue weighted by atomic mass is 9.51. The van der Waals surface area contributed by atoms with Crippen LogP contribution in [-0.2, 0) is 14.6 Å². The first-order valence-electron chi connectivity index (χ1n) is 9.55. The van der Waals surface area contributed by atoms with Crippen molar-refractivity contribution >= 4 is 15.8 Å². The van der Waals surface area contributed by atoms with Crippen LogP contribution in [0.5, 0.6) is 0 Å². The molecule has 0 saturated heterocycles. The molecule has 146 valence electrons. The van der Waals surface area contributed by atoms with Crippen LogP contribution in [0.25, 0.3) is 0 Å². The molecule has 2 aliphatic rings. The molecule has 0 heterocycles. The predicted octanol–water partition coefficient (Wildman–Crippen LogP) is 2.10. The third-order valence-corrected chi connectivity index (χ3v) is 8.24. The number of aliphatic imine (C=N–C) groups is 1. The molecule has 0 radical (unpaired) electrons. The average molecular weight is 374 g/mol. The number of sulfone groups is 1.